The molecule has 4 nitrogen and oxygen atoms in total. The number of amides is 1. The van der Waals surface area contributed by atoms with Gasteiger partial charge in [-0.1, -0.05) is 0 Å². The van der Waals surface area contributed by atoms with E-state index in [1.165, 1.54) is 11.3 Å². The fraction of sp³-hybridized carbons (Fsp3) is 0.667. The summed E-state index contributed by atoms with van der Waals surface area (Å²) in [4.78, 5) is 19.2. The lowest BCUT2D eigenvalue weighted by molar-refractivity contribution is 0.0667. The second-order valence-corrected chi connectivity index (χ2v) is 5.57. The standard InChI is InChI=1S/C12H19N3OS/c1-3-15(10-5-4-6-13-7-10)12(16)11-8-14-9(2)17-11/h8,10,13H,3-7H2,1-2H3. The molecule has 2 rings (SSSR count). The first-order valence-electron chi connectivity index (χ1n) is 6.16. The zero-order valence-corrected chi connectivity index (χ0v) is 11.2. The Balaban J connectivity index is 2.09. The highest BCUT2D eigenvalue weighted by atomic mass is 32.1. The molecule has 0 aliphatic carbocycles. The Kier molecular flexibility index (Phi) is 4.12. The first kappa shape index (κ1) is 12.5. The molecule has 1 saturated heterocycles. The van der Waals surface area contributed by atoms with Gasteiger partial charge in [0.25, 0.3) is 5.91 Å². The van der Waals surface area contributed by atoms with E-state index in [0.29, 0.717) is 6.04 Å². The minimum atomic E-state index is 0.131. The average molecular weight is 253 g/mol. The molecule has 1 N–H and O–H groups in total. The van der Waals surface area contributed by atoms with Crippen LogP contribution in [0.25, 0.3) is 0 Å². The van der Waals surface area contributed by atoms with Gasteiger partial charge in [0.2, 0.25) is 0 Å². The minimum Gasteiger partial charge on any atom is -0.334 e. The van der Waals surface area contributed by atoms with Crippen molar-refractivity contribution in [2.45, 2.75) is 32.7 Å². The van der Waals surface area contributed by atoms with Gasteiger partial charge in [-0.25, -0.2) is 4.98 Å². The highest BCUT2D eigenvalue weighted by Gasteiger charge is 2.25. The second kappa shape index (κ2) is 5.60. The van der Waals surface area contributed by atoms with Gasteiger partial charge in [-0.2, -0.15) is 0 Å². The largest absolute Gasteiger partial charge is 0.334 e. The summed E-state index contributed by atoms with van der Waals surface area (Å²) in [7, 11) is 0. The highest BCUT2D eigenvalue weighted by Crippen LogP contribution is 2.18. The monoisotopic (exact) mass is 253 g/mol. The van der Waals surface area contributed by atoms with Gasteiger partial charge >= 0.3 is 0 Å². The van der Waals surface area contributed by atoms with Gasteiger partial charge in [0.05, 0.1) is 11.2 Å². The number of aryl methyl sites for hydroxylation is 1. The molecule has 0 aromatic carbocycles. The molecule has 1 aliphatic heterocycles. The number of nitrogens with zero attached hydrogens (tertiary/aromatic N) is 2. The first-order chi connectivity index (χ1) is 8.22. The van der Waals surface area contributed by atoms with Gasteiger partial charge in [0.15, 0.2) is 0 Å². The van der Waals surface area contributed by atoms with Crippen LogP contribution in [0.2, 0.25) is 0 Å². The maximum absolute atomic E-state index is 12.4. The number of aromatic nitrogens is 1. The summed E-state index contributed by atoms with van der Waals surface area (Å²) in [6.45, 7) is 6.72. The van der Waals surface area contributed by atoms with Crippen molar-refractivity contribution in [2.24, 2.45) is 0 Å². The second-order valence-electron chi connectivity index (χ2n) is 4.33. The molecule has 0 saturated carbocycles. The predicted octanol–water partition coefficient (Wildman–Crippen LogP) is 1.67. The van der Waals surface area contributed by atoms with E-state index in [1.54, 1.807) is 6.20 Å². The lowest BCUT2D eigenvalue weighted by atomic mass is 10.1. The van der Waals surface area contributed by atoms with Crippen LogP contribution in [-0.4, -0.2) is 41.5 Å². The molecule has 1 unspecified atom stereocenters. The van der Waals surface area contributed by atoms with E-state index in [4.69, 9.17) is 0 Å². The van der Waals surface area contributed by atoms with Crippen molar-refractivity contribution >= 4 is 17.2 Å². The zero-order chi connectivity index (χ0) is 12.3. The van der Waals surface area contributed by atoms with Crippen LogP contribution in [0.3, 0.4) is 0 Å². The third kappa shape index (κ3) is 2.84. The smallest absolute Gasteiger partial charge is 0.265 e. The fourth-order valence-electron chi connectivity index (χ4n) is 2.27. The quantitative estimate of drug-likeness (QED) is 0.891. The lowest BCUT2D eigenvalue weighted by Crippen LogP contribution is -2.48. The molecular weight excluding hydrogens is 234 g/mol. The molecule has 0 bridgehead atoms. The maximum atomic E-state index is 12.4. The number of hydrogen-bond acceptors (Lipinski definition) is 4. The molecular formula is C12H19N3OS. The highest BCUT2D eigenvalue weighted by molar-refractivity contribution is 7.13. The van der Waals surface area contributed by atoms with Crippen molar-refractivity contribution in [2.75, 3.05) is 19.6 Å². The number of rotatable bonds is 3. The molecule has 94 valence electrons. The summed E-state index contributed by atoms with van der Waals surface area (Å²) >= 11 is 1.48. The molecule has 2 heterocycles. The third-order valence-corrected chi connectivity index (χ3v) is 4.05. The van der Waals surface area contributed by atoms with E-state index >= 15 is 0 Å². The Bertz CT molecular complexity index is 385. The lowest BCUT2D eigenvalue weighted by Gasteiger charge is -2.33. The zero-order valence-electron chi connectivity index (χ0n) is 10.4. The Morgan fingerprint density at radius 2 is 2.53 bits per heavy atom. The molecule has 1 aromatic rings. The summed E-state index contributed by atoms with van der Waals surface area (Å²) in [5, 5.41) is 4.31. The Morgan fingerprint density at radius 1 is 1.71 bits per heavy atom. The van der Waals surface area contributed by atoms with Gasteiger partial charge in [0.1, 0.15) is 4.88 Å². The average Bonchev–Trinajstić information content (AvgIpc) is 2.78. The van der Waals surface area contributed by atoms with Crippen LogP contribution in [0.4, 0.5) is 0 Å². The number of piperidine rings is 1. The van der Waals surface area contributed by atoms with Crippen molar-refractivity contribution in [3.8, 4) is 0 Å². The molecule has 0 spiro atoms. The number of carbonyl (C=O) groups excluding carboxylic acids is 1. The van der Waals surface area contributed by atoms with Crippen molar-refractivity contribution in [1.29, 1.82) is 0 Å². The molecule has 1 amide bonds. The molecule has 1 fully saturated rings. The van der Waals surface area contributed by atoms with Crippen LogP contribution in [0.5, 0.6) is 0 Å². The third-order valence-electron chi connectivity index (χ3n) is 3.15. The normalized spacial score (nSPS) is 20.2. The summed E-state index contributed by atoms with van der Waals surface area (Å²) in [6.07, 6.45) is 3.95. The molecule has 1 atom stereocenters. The van der Waals surface area contributed by atoms with Gasteiger partial charge in [-0.3, -0.25) is 4.79 Å². The van der Waals surface area contributed by atoms with E-state index in [2.05, 4.69) is 10.3 Å². The maximum Gasteiger partial charge on any atom is 0.265 e. The van der Waals surface area contributed by atoms with Crippen molar-refractivity contribution in [3.63, 3.8) is 0 Å². The Morgan fingerprint density at radius 3 is 3.06 bits per heavy atom. The molecule has 1 aromatic heterocycles. The van der Waals surface area contributed by atoms with E-state index in [0.717, 1.165) is 42.4 Å². The molecule has 17 heavy (non-hydrogen) atoms. The first-order valence-corrected chi connectivity index (χ1v) is 6.98. The number of hydrogen-bond donors (Lipinski definition) is 1. The van der Waals surface area contributed by atoms with Gasteiger partial charge in [-0.15, -0.1) is 11.3 Å². The summed E-state index contributed by atoms with van der Waals surface area (Å²) < 4.78 is 0. The molecule has 1 aliphatic rings. The predicted molar refractivity (Wildman–Crippen MR) is 69.5 cm³/mol. The molecule has 5 heteroatoms. The summed E-state index contributed by atoms with van der Waals surface area (Å²) in [5.74, 6) is 0.131. The summed E-state index contributed by atoms with van der Waals surface area (Å²) in [5.41, 5.74) is 0. The minimum absolute atomic E-state index is 0.131. The van der Waals surface area contributed by atoms with E-state index in [1.807, 2.05) is 18.7 Å². The van der Waals surface area contributed by atoms with Crippen LogP contribution < -0.4 is 5.32 Å². The topological polar surface area (TPSA) is 45.2 Å². The van der Waals surface area contributed by atoms with Gasteiger partial charge in [-0.05, 0) is 33.2 Å². The van der Waals surface area contributed by atoms with Crippen LogP contribution in [-0.2, 0) is 0 Å². The van der Waals surface area contributed by atoms with E-state index in [9.17, 15) is 4.79 Å². The van der Waals surface area contributed by atoms with Crippen LogP contribution in [0, 0.1) is 6.92 Å². The number of likely N-dealkylation sites (N-methyl/N-ethyl adjacent to an activating group) is 1. The van der Waals surface area contributed by atoms with Gasteiger partial charge < -0.3 is 10.2 Å². The van der Waals surface area contributed by atoms with E-state index in [-0.39, 0.29) is 5.91 Å². The number of carbonyl (C=O) groups is 1. The number of nitrogens with one attached hydrogen (secondary N) is 1. The van der Waals surface area contributed by atoms with Crippen molar-refractivity contribution in [1.82, 2.24) is 15.2 Å². The fourth-order valence-corrected chi connectivity index (χ4v) is 3.00. The van der Waals surface area contributed by atoms with E-state index < -0.39 is 0 Å². The SMILES string of the molecule is CCN(C(=O)c1cnc(C)s1)C1CCCNC1. The van der Waals surface area contributed by atoms with Crippen LogP contribution in [0.1, 0.15) is 34.4 Å². The molecule has 0 radical (unpaired) electrons. The van der Waals surface area contributed by atoms with Crippen molar-refractivity contribution in [3.05, 3.63) is 16.1 Å². The summed E-state index contributed by atoms with van der Waals surface area (Å²) in [6, 6.07) is 0.337. The Labute approximate surface area is 106 Å². The van der Waals surface area contributed by atoms with Crippen LogP contribution in [0.15, 0.2) is 6.20 Å². The Hall–Kier alpha value is -0.940. The van der Waals surface area contributed by atoms with Crippen LogP contribution >= 0.6 is 11.3 Å². The number of thiazole rings is 1. The van der Waals surface area contributed by atoms with Crippen molar-refractivity contribution < 1.29 is 4.79 Å². The van der Waals surface area contributed by atoms with Gasteiger partial charge in [0, 0.05) is 19.1 Å².